The lowest BCUT2D eigenvalue weighted by Crippen LogP contribution is -2.19. The molecule has 118 valence electrons. The number of rotatable bonds is 4. The zero-order chi connectivity index (χ0) is 16.8. The molecule has 1 aromatic heterocycles. The number of carbonyl (C=O) groups is 2. The van der Waals surface area contributed by atoms with Gasteiger partial charge in [0.15, 0.2) is 0 Å². The maximum atomic E-state index is 12.0. The van der Waals surface area contributed by atoms with Crippen LogP contribution in [-0.2, 0) is 4.74 Å². The Labute approximate surface area is 137 Å². The molecule has 0 aliphatic rings. The molecule has 0 aliphatic heterocycles. The van der Waals surface area contributed by atoms with E-state index in [2.05, 4.69) is 10.6 Å². The fourth-order valence-corrected chi connectivity index (χ4v) is 2.96. The molecule has 0 unspecified atom stereocenters. The molecule has 0 bridgehead atoms. The number of esters is 1. The Hall–Kier alpha value is -2.85. The Morgan fingerprint density at radius 1 is 1.26 bits per heavy atom. The third-order valence-corrected chi connectivity index (χ3v) is 4.17. The summed E-state index contributed by atoms with van der Waals surface area (Å²) in [7, 11) is 0. The third kappa shape index (κ3) is 3.87. The first-order valence-electron chi connectivity index (χ1n) is 6.90. The van der Waals surface area contributed by atoms with Gasteiger partial charge >= 0.3 is 12.0 Å². The number of carbonyl (C=O) groups excluding carboxylic acids is 2. The molecule has 2 aromatic rings. The summed E-state index contributed by atoms with van der Waals surface area (Å²) in [6.07, 6.45) is 0. The number of nitrogens with zero attached hydrogens (tertiary/aromatic N) is 1. The molecule has 1 heterocycles. The molecular formula is C16H15N3O3S. The van der Waals surface area contributed by atoms with Gasteiger partial charge in [0, 0.05) is 5.69 Å². The third-order valence-electron chi connectivity index (χ3n) is 2.98. The van der Waals surface area contributed by atoms with Gasteiger partial charge < -0.3 is 10.1 Å². The Balaban J connectivity index is 2.19. The van der Waals surface area contributed by atoms with E-state index in [0.29, 0.717) is 21.1 Å². The molecule has 7 heteroatoms. The number of benzene rings is 1. The van der Waals surface area contributed by atoms with Gasteiger partial charge in [-0.25, -0.2) is 9.59 Å². The first-order valence-corrected chi connectivity index (χ1v) is 7.72. The van der Waals surface area contributed by atoms with Crippen LogP contribution in [0, 0.1) is 18.3 Å². The van der Waals surface area contributed by atoms with Crippen molar-refractivity contribution in [3.05, 3.63) is 46.3 Å². The van der Waals surface area contributed by atoms with Crippen LogP contribution in [0.5, 0.6) is 0 Å². The molecule has 0 saturated carbocycles. The maximum Gasteiger partial charge on any atom is 0.348 e. The monoisotopic (exact) mass is 329 g/mol. The van der Waals surface area contributed by atoms with Gasteiger partial charge in [0.05, 0.1) is 12.2 Å². The lowest BCUT2D eigenvalue weighted by Gasteiger charge is -2.06. The van der Waals surface area contributed by atoms with E-state index in [1.807, 2.05) is 12.1 Å². The highest BCUT2D eigenvalue weighted by Crippen LogP contribution is 2.33. The summed E-state index contributed by atoms with van der Waals surface area (Å²) in [5, 5.41) is 14.8. The van der Waals surface area contributed by atoms with E-state index in [9.17, 15) is 14.9 Å². The summed E-state index contributed by atoms with van der Waals surface area (Å²) in [5.41, 5.74) is 1.40. The molecule has 2 rings (SSSR count). The van der Waals surface area contributed by atoms with Gasteiger partial charge in [0.25, 0.3) is 0 Å². The number of thiophene rings is 1. The number of para-hydroxylation sites is 1. The van der Waals surface area contributed by atoms with E-state index in [1.165, 1.54) is 0 Å². The smallest absolute Gasteiger partial charge is 0.348 e. The van der Waals surface area contributed by atoms with Crippen LogP contribution in [0.3, 0.4) is 0 Å². The van der Waals surface area contributed by atoms with Crippen LogP contribution in [0.15, 0.2) is 30.3 Å². The molecule has 2 amide bonds. The number of anilines is 2. The molecule has 0 saturated heterocycles. The number of nitriles is 1. The molecule has 1 aromatic carbocycles. The highest BCUT2D eigenvalue weighted by Gasteiger charge is 2.22. The number of nitrogens with one attached hydrogen (secondary N) is 2. The summed E-state index contributed by atoms with van der Waals surface area (Å²) < 4.78 is 4.96. The quantitative estimate of drug-likeness (QED) is 0.836. The Kier molecular flexibility index (Phi) is 5.33. The first kappa shape index (κ1) is 16.5. The van der Waals surface area contributed by atoms with E-state index in [4.69, 9.17) is 4.74 Å². The number of hydrogen-bond donors (Lipinski definition) is 2. The summed E-state index contributed by atoms with van der Waals surface area (Å²) in [6, 6.07) is 10.4. The molecule has 0 fully saturated rings. The predicted octanol–water partition coefficient (Wildman–Crippen LogP) is 3.75. The van der Waals surface area contributed by atoms with Gasteiger partial charge in [-0.05, 0) is 31.5 Å². The second kappa shape index (κ2) is 7.42. The lowest BCUT2D eigenvalue weighted by molar-refractivity contribution is 0.0531. The van der Waals surface area contributed by atoms with E-state index < -0.39 is 12.0 Å². The summed E-state index contributed by atoms with van der Waals surface area (Å²) in [5.74, 6) is -0.497. The highest BCUT2D eigenvalue weighted by molar-refractivity contribution is 7.18. The standard InChI is InChI=1S/C16H15N3O3S/c1-3-22-15(20)13-10(2)12(9-17)14(23-13)19-16(21)18-11-7-5-4-6-8-11/h4-8H,3H2,1-2H3,(H2,18,19,21). The fourth-order valence-electron chi connectivity index (χ4n) is 1.91. The van der Waals surface area contributed by atoms with Gasteiger partial charge in [-0.3, -0.25) is 5.32 Å². The largest absolute Gasteiger partial charge is 0.462 e. The van der Waals surface area contributed by atoms with E-state index >= 15 is 0 Å². The summed E-state index contributed by atoms with van der Waals surface area (Å²) in [4.78, 5) is 24.2. The van der Waals surface area contributed by atoms with Crippen molar-refractivity contribution in [3.63, 3.8) is 0 Å². The summed E-state index contributed by atoms with van der Waals surface area (Å²) in [6.45, 7) is 3.61. The minimum absolute atomic E-state index is 0.245. The van der Waals surface area contributed by atoms with Gasteiger partial charge in [-0.2, -0.15) is 5.26 Å². The molecule has 23 heavy (non-hydrogen) atoms. The van der Waals surface area contributed by atoms with Crippen LogP contribution in [0.4, 0.5) is 15.5 Å². The molecule has 0 spiro atoms. The second-order valence-corrected chi connectivity index (χ2v) is 5.56. The van der Waals surface area contributed by atoms with Crippen LogP contribution in [0.1, 0.15) is 27.7 Å². The Morgan fingerprint density at radius 3 is 2.57 bits per heavy atom. The Bertz CT molecular complexity index is 763. The number of hydrogen-bond acceptors (Lipinski definition) is 5. The van der Waals surface area contributed by atoms with Crippen LogP contribution in [0.25, 0.3) is 0 Å². The van der Waals surface area contributed by atoms with Gasteiger partial charge in [0.1, 0.15) is 15.9 Å². The van der Waals surface area contributed by atoms with Crippen molar-refractivity contribution in [1.82, 2.24) is 0 Å². The molecule has 0 radical (unpaired) electrons. The number of amides is 2. The zero-order valence-corrected chi connectivity index (χ0v) is 13.5. The average Bonchev–Trinajstić information content (AvgIpc) is 2.84. The Morgan fingerprint density at radius 2 is 1.96 bits per heavy atom. The second-order valence-electron chi connectivity index (χ2n) is 4.54. The molecule has 2 N–H and O–H groups in total. The van der Waals surface area contributed by atoms with Gasteiger partial charge in [0.2, 0.25) is 0 Å². The van der Waals surface area contributed by atoms with Crippen molar-refractivity contribution in [2.45, 2.75) is 13.8 Å². The zero-order valence-electron chi connectivity index (χ0n) is 12.7. The summed E-state index contributed by atoms with van der Waals surface area (Å²) >= 11 is 1.03. The normalized spacial score (nSPS) is 9.78. The molecule has 0 atom stereocenters. The fraction of sp³-hybridized carbons (Fsp3) is 0.188. The van der Waals surface area contributed by atoms with Crippen molar-refractivity contribution >= 4 is 34.0 Å². The first-order chi connectivity index (χ1) is 11.1. The van der Waals surface area contributed by atoms with E-state index in [1.54, 1.807) is 38.1 Å². The SMILES string of the molecule is CCOC(=O)c1sc(NC(=O)Nc2ccccc2)c(C#N)c1C. The van der Waals surface area contributed by atoms with Crippen molar-refractivity contribution in [2.24, 2.45) is 0 Å². The van der Waals surface area contributed by atoms with E-state index in [0.717, 1.165) is 11.3 Å². The minimum Gasteiger partial charge on any atom is -0.462 e. The minimum atomic E-state index is -0.497. The molecular weight excluding hydrogens is 314 g/mol. The van der Waals surface area contributed by atoms with E-state index in [-0.39, 0.29) is 12.2 Å². The van der Waals surface area contributed by atoms with Crippen LogP contribution < -0.4 is 10.6 Å². The van der Waals surface area contributed by atoms with Crippen LogP contribution in [-0.4, -0.2) is 18.6 Å². The predicted molar refractivity (Wildman–Crippen MR) is 88.8 cm³/mol. The van der Waals surface area contributed by atoms with Crippen molar-refractivity contribution in [1.29, 1.82) is 5.26 Å². The lowest BCUT2D eigenvalue weighted by atomic mass is 10.2. The number of urea groups is 1. The molecule has 0 aliphatic carbocycles. The topological polar surface area (TPSA) is 91.2 Å². The van der Waals surface area contributed by atoms with Crippen molar-refractivity contribution in [3.8, 4) is 6.07 Å². The molecule has 6 nitrogen and oxygen atoms in total. The average molecular weight is 329 g/mol. The van der Waals surface area contributed by atoms with Crippen molar-refractivity contribution in [2.75, 3.05) is 17.2 Å². The van der Waals surface area contributed by atoms with Gasteiger partial charge in [-0.15, -0.1) is 11.3 Å². The number of ether oxygens (including phenoxy) is 1. The van der Waals surface area contributed by atoms with Crippen molar-refractivity contribution < 1.29 is 14.3 Å². The van der Waals surface area contributed by atoms with Crippen LogP contribution >= 0.6 is 11.3 Å². The van der Waals surface area contributed by atoms with Crippen LogP contribution in [0.2, 0.25) is 0 Å². The van der Waals surface area contributed by atoms with Gasteiger partial charge in [-0.1, -0.05) is 18.2 Å². The maximum absolute atomic E-state index is 12.0. The highest BCUT2D eigenvalue weighted by atomic mass is 32.1.